The van der Waals surface area contributed by atoms with Crippen molar-refractivity contribution in [2.24, 2.45) is 0 Å². The Morgan fingerprint density at radius 2 is 2.26 bits per heavy atom. The number of rotatable bonds is 3. The zero-order valence-electron chi connectivity index (χ0n) is 9.36. The van der Waals surface area contributed by atoms with Gasteiger partial charge >= 0.3 is 0 Å². The van der Waals surface area contributed by atoms with Gasteiger partial charge in [0.2, 0.25) is 0 Å². The van der Waals surface area contributed by atoms with E-state index in [0.717, 1.165) is 3.79 Å². The average molecular weight is 359 g/mol. The molecule has 1 aromatic heterocycles. The van der Waals surface area contributed by atoms with Crippen LogP contribution in [0.2, 0.25) is 5.02 Å². The first-order valence-electron chi connectivity index (χ1n) is 5.16. The number of thiophene rings is 1. The molecule has 0 aliphatic heterocycles. The van der Waals surface area contributed by atoms with Gasteiger partial charge in [-0.15, -0.1) is 11.3 Å². The van der Waals surface area contributed by atoms with E-state index in [1.54, 1.807) is 11.4 Å². The zero-order valence-corrected chi connectivity index (χ0v) is 12.5. The number of hydrogen-bond acceptors (Lipinski definition) is 3. The molecule has 19 heavy (non-hydrogen) atoms. The van der Waals surface area contributed by atoms with Crippen LogP contribution in [0.3, 0.4) is 0 Å². The highest BCUT2D eigenvalue weighted by atomic mass is 79.9. The van der Waals surface area contributed by atoms with Crippen LogP contribution in [-0.4, -0.2) is 5.78 Å². The first-order valence-corrected chi connectivity index (χ1v) is 7.21. The Labute approximate surface area is 126 Å². The van der Waals surface area contributed by atoms with Crippen LogP contribution in [0.5, 0.6) is 0 Å². The van der Waals surface area contributed by atoms with Crippen molar-refractivity contribution in [1.82, 2.24) is 0 Å². The minimum atomic E-state index is -1.24. The topological polar surface area (TPSA) is 40.9 Å². The predicted octanol–water partition coefficient (Wildman–Crippen LogP) is 4.79. The van der Waals surface area contributed by atoms with Gasteiger partial charge in [0.15, 0.2) is 5.78 Å². The van der Waals surface area contributed by atoms with Crippen molar-refractivity contribution in [3.63, 3.8) is 0 Å². The van der Waals surface area contributed by atoms with Crippen molar-refractivity contribution in [2.75, 3.05) is 0 Å². The van der Waals surface area contributed by atoms with Crippen molar-refractivity contribution in [1.29, 1.82) is 5.26 Å². The smallest absolute Gasteiger partial charge is 0.185 e. The number of nitriles is 1. The van der Waals surface area contributed by atoms with Crippen molar-refractivity contribution in [3.05, 3.63) is 55.4 Å². The second kappa shape index (κ2) is 5.83. The number of hydrogen-bond donors (Lipinski definition) is 0. The first-order chi connectivity index (χ1) is 9.04. The Bertz CT molecular complexity index is 659. The molecule has 1 heterocycles. The maximum atomic E-state index is 13.8. The molecule has 2 nitrogen and oxygen atoms in total. The lowest BCUT2D eigenvalue weighted by Gasteiger charge is -2.10. The number of ketones is 1. The summed E-state index contributed by atoms with van der Waals surface area (Å²) in [5.41, 5.74) is 0.293. The monoisotopic (exact) mass is 357 g/mol. The van der Waals surface area contributed by atoms with Crippen LogP contribution < -0.4 is 0 Å². The summed E-state index contributed by atoms with van der Waals surface area (Å²) >= 11 is 10.5. The van der Waals surface area contributed by atoms with Crippen LogP contribution in [-0.2, 0) is 0 Å². The molecular weight excluding hydrogens is 353 g/mol. The molecule has 0 amide bonds. The van der Waals surface area contributed by atoms with E-state index in [-0.39, 0.29) is 10.6 Å². The van der Waals surface area contributed by atoms with Gasteiger partial charge in [-0.05, 0) is 34.1 Å². The lowest BCUT2D eigenvalue weighted by molar-refractivity contribution is 0.0978. The van der Waals surface area contributed by atoms with Crippen LogP contribution >= 0.6 is 38.9 Å². The van der Waals surface area contributed by atoms with Gasteiger partial charge in [-0.1, -0.05) is 17.7 Å². The molecule has 0 bridgehead atoms. The predicted molar refractivity (Wildman–Crippen MR) is 76.1 cm³/mol. The third-order valence-electron chi connectivity index (χ3n) is 2.53. The van der Waals surface area contributed by atoms with E-state index in [1.165, 1.54) is 29.5 Å². The van der Waals surface area contributed by atoms with E-state index >= 15 is 0 Å². The highest BCUT2D eigenvalue weighted by Crippen LogP contribution is 2.31. The average Bonchev–Trinajstić information content (AvgIpc) is 2.80. The van der Waals surface area contributed by atoms with E-state index in [1.807, 2.05) is 6.07 Å². The van der Waals surface area contributed by atoms with Gasteiger partial charge in [-0.3, -0.25) is 4.79 Å². The summed E-state index contributed by atoms with van der Waals surface area (Å²) < 4.78 is 14.5. The lowest BCUT2D eigenvalue weighted by Crippen LogP contribution is -2.12. The summed E-state index contributed by atoms with van der Waals surface area (Å²) in [4.78, 5) is 12.2. The third-order valence-corrected chi connectivity index (χ3v) is 4.37. The first kappa shape index (κ1) is 14.2. The van der Waals surface area contributed by atoms with Crippen LogP contribution in [0, 0.1) is 17.1 Å². The van der Waals surface area contributed by atoms with Crippen molar-refractivity contribution < 1.29 is 9.18 Å². The SMILES string of the molecule is N#CC(C(=O)c1csc(Br)c1)c1c(F)cccc1Cl. The summed E-state index contributed by atoms with van der Waals surface area (Å²) in [6, 6.07) is 7.50. The molecule has 1 aromatic carbocycles. The lowest BCUT2D eigenvalue weighted by atomic mass is 9.92. The number of nitrogens with zero attached hydrogens (tertiary/aromatic N) is 1. The molecule has 0 N–H and O–H groups in total. The van der Waals surface area contributed by atoms with E-state index in [9.17, 15) is 9.18 Å². The second-order valence-electron chi connectivity index (χ2n) is 3.70. The minimum absolute atomic E-state index is 0.0704. The summed E-state index contributed by atoms with van der Waals surface area (Å²) in [6.45, 7) is 0. The largest absolute Gasteiger partial charge is 0.292 e. The fourth-order valence-corrected chi connectivity index (χ4v) is 3.06. The van der Waals surface area contributed by atoms with Crippen LogP contribution in [0.1, 0.15) is 21.8 Å². The van der Waals surface area contributed by atoms with Crippen molar-refractivity contribution >= 4 is 44.7 Å². The van der Waals surface area contributed by atoms with E-state index in [0.29, 0.717) is 5.56 Å². The summed E-state index contributed by atoms with van der Waals surface area (Å²) in [6.07, 6.45) is 0. The molecule has 2 rings (SSSR count). The molecule has 0 aliphatic rings. The second-order valence-corrected chi connectivity index (χ2v) is 6.40. The summed E-state index contributed by atoms with van der Waals surface area (Å²) in [5.74, 6) is -2.35. The van der Waals surface area contributed by atoms with Gasteiger partial charge in [0.25, 0.3) is 0 Å². The van der Waals surface area contributed by atoms with Gasteiger partial charge in [0, 0.05) is 21.5 Å². The number of halogens is 3. The molecule has 0 fully saturated rings. The van der Waals surface area contributed by atoms with Gasteiger partial charge < -0.3 is 0 Å². The van der Waals surface area contributed by atoms with Crippen LogP contribution in [0.4, 0.5) is 4.39 Å². The summed E-state index contributed by atoms with van der Waals surface area (Å²) in [5, 5.41) is 10.9. The molecule has 1 atom stereocenters. The Hall–Kier alpha value is -1.22. The van der Waals surface area contributed by atoms with Gasteiger partial charge in [0.1, 0.15) is 11.7 Å². The fraction of sp³-hybridized carbons (Fsp3) is 0.0769. The van der Waals surface area contributed by atoms with E-state index in [4.69, 9.17) is 16.9 Å². The fourth-order valence-electron chi connectivity index (χ4n) is 1.65. The molecule has 0 radical (unpaired) electrons. The van der Waals surface area contributed by atoms with Gasteiger partial charge in [0.05, 0.1) is 9.86 Å². The molecule has 6 heteroatoms. The highest BCUT2D eigenvalue weighted by Gasteiger charge is 2.27. The molecule has 1 unspecified atom stereocenters. The molecule has 0 saturated carbocycles. The maximum absolute atomic E-state index is 13.8. The minimum Gasteiger partial charge on any atom is -0.292 e. The summed E-state index contributed by atoms with van der Waals surface area (Å²) in [7, 11) is 0. The van der Waals surface area contributed by atoms with Crippen molar-refractivity contribution in [3.8, 4) is 6.07 Å². The zero-order chi connectivity index (χ0) is 14.0. The van der Waals surface area contributed by atoms with Crippen molar-refractivity contribution in [2.45, 2.75) is 5.92 Å². The molecule has 2 aromatic rings. The van der Waals surface area contributed by atoms with Gasteiger partial charge in [-0.2, -0.15) is 5.26 Å². The number of Topliss-reactive ketones (excluding diaryl/α,β-unsaturated/α-hetero) is 1. The Kier molecular flexibility index (Phi) is 4.35. The molecule has 0 aliphatic carbocycles. The highest BCUT2D eigenvalue weighted by molar-refractivity contribution is 9.11. The Morgan fingerprint density at radius 3 is 2.79 bits per heavy atom. The van der Waals surface area contributed by atoms with E-state index in [2.05, 4.69) is 15.9 Å². The van der Waals surface area contributed by atoms with E-state index < -0.39 is 17.5 Å². The standard InChI is InChI=1S/C13H6BrClFNOS/c14-11-4-7(6-19-11)13(18)8(5-17)12-9(15)2-1-3-10(12)16/h1-4,6,8H. The molecule has 96 valence electrons. The Morgan fingerprint density at radius 1 is 1.53 bits per heavy atom. The quantitative estimate of drug-likeness (QED) is 0.740. The molecular formula is C13H6BrClFNOS. The third kappa shape index (κ3) is 2.86. The van der Waals surface area contributed by atoms with Gasteiger partial charge in [-0.25, -0.2) is 4.39 Å². The maximum Gasteiger partial charge on any atom is 0.185 e. The molecule has 0 saturated heterocycles. The number of benzene rings is 1. The van der Waals surface area contributed by atoms with Crippen LogP contribution in [0.25, 0.3) is 0 Å². The normalized spacial score (nSPS) is 11.9. The Balaban J connectivity index is 2.47. The number of carbonyl (C=O) groups excluding carboxylic acids is 1. The number of carbonyl (C=O) groups is 1. The molecule has 0 spiro atoms. The van der Waals surface area contributed by atoms with Crippen LogP contribution in [0.15, 0.2) is 33.4 Å².